The Morgan fingerprint density at radius 2 is 2.00 bits per heavy atom. The standard InChI is InChI=1S/C14H13N2O/c1-10-5-3-4-6-11(10)13-14-12(15-9-17-14)7-8-16(13)2/h3-9H,1-2H3/q+1. The van der Waals surface area contributed by atoms with Crippen molar-refractivity contribution in [1.82, 2.24) is 4.98 Å². The van der Waals surface area contributed by atoms with Crippen LogP contribution in [0.15, 0.2) is 47.3 Å². The Bertz CT molecular complexity index is 686. The lowest BCUT2D eigenvalue weighted by atomic mass is 10.0. The minimum Gasteiger partial charge on any atom is -0.436 e. The molecule has 0 aliphatic rings. The number of fused-ring (bicyclic) bond motifs is 1. The number of nitrogens with zero attached hydrogens (tertiary/aromatic N) is 2. The highest BCUT2D eigenvalue weighted by atomic mass is 16.3. The molecule has 0 saturated carbocycles. The van der Waals surface area contributed by atoms with Crippen molar-refractivity contribution in [3.63, 3.8) is 0 Å². The molecule has 84 valence electrons. The third kappa shape index (κ3) is 1.51. The second-order valence-corrected chi connectivity index (χ2v) is 4.16. The fraction of sp³-hybridized carbons (Fsp3) is 0.143. The number of aromatic nitrogens is 2. The Morgan fingerprint density at radius 1 is 1.18 bits per heavy atom. The molecule has 2 aromatic heterocycles. The Hall–Kier alpha value is -2.16. The molecule has 0 aliphatic carbocycles. The van der Waals surface area contributed by atoms with Crippen LogP contribution in [0.3, 0.4) is 0 Å². The molecule has 0 amide bonds. The van der Waals surface area contributed by atoms with Gasteiger partial charge >= 0.3 is 0 Å². The van der Waals surface area contributed by atoms with E-state index < -0.39 is 0 Å². The first-order valence-corrected chi connectivity index (χ1v) is 5.55. The topological polar surface area (TPSA) is 29.9 Å². The minimum atomic E-state index is 0.837. The Balaban J connectivity index is 2.40. The first-order chi connectivity index (χ1) is 8.27. The van der Waals surface area contributed by atoms with Gasteiger partial charge in [-0.2, -0.15) is 4.57 Å². The normalized spacial score (nSPS) is 10.9. The number of benzene rings is 1. The molecule has 3 aromatic rings. The van der Waals surface area contributed by atoms with Gasteiger partial charge < -0.3 is 4.42 Å². The van der Waals surface area contributed by atoms with Gasteiger partial charge in [0, 0.05) is 6.07 Å². The highest BCUT2D eigenvalue weighted by molar-refractivity contribution is 5.86. The van der Waals surface area contributed by atoms with Crippen LogP contribution in [0, 0.1) is 6.92 Å². The Labute approximate surface area is 99.3 Å². The third-order valence-corrected chi connectivity index (χ3v) is 3.02. The Morgan fingerprint density at radius 3 is 2.82 bits per heavy atom. The van der Waals surface area contributed by atoms with Gasteiger partial charge in [0.1, 0.15) is 12.6 Å². The van der Waals surface area contributed by atoms with Crippen molar-refractivity contribution in [3.05, 3.63) is 48.5 Å². The summed E-state index contributed by atoms with van der Waals surface area (Å²) in [6.07, 6.45) is 3.50. The largest absolute Gasteiger partial charge is 0.436 e. The van der Waals surface area contributed by atoms with Crippen LogP contribution < -0.4 is 4.57 Å². The van der Waals surface area contributed by atoms with Crippen LogP contribution in [0.4, 0.5) is 0 Å². The fourth-order valence-corrected chi connectivity index (χ4v) is 2.12. The zero-order valence-electron chi connectivity index (χ0n) is 9.84. The number of rotatable bonds is 1. The van der Waals surface area contributed by atoms with E-state index in [0.717, 1.165) is 16.8 Å². The summed E-state index contributed by atoms with van der Waals surface area (Å²) in [5.41, 5.74) is 5.20. The molecule has 2 heterocycles. The van der Waals surface area contributed by atoms with Crippen molar-refractivity contribution in [1.29, 1.82) is 0 Å². The molecule has 1 aromatic carbocycles. The molecule has 3 rings (SSSR count). The van der Waals surface area contributed by atoms with E-state index in [-0.39, 0.29) is 0 Å². The zero-order chi connectivity index (χ0) is 11.8. The molecule has 0 bridgehead atoms. The molecule has 17 heavy (non-hydrogen) atoms. The summed E-state index contributed by atoms with van der Waals surface area (Å²) in [7, 11) is 2.02. The van der Waals surface area contributed by atoms with Gasteiger partial charge in [0.25, 0.3) is 5.69 Å². The summed E-state index contributed by atoms with van der Waals surface area (Å²) in [5, 5.41) is 0. The molecule has 3 nitrogen and oxygen atoms in total. The first-order valence-electron chi connectivity index (χ1n) is 5.55. The smallest absolute Gasteiger partial charge is 0.257 e. The summed E-state index contributed by atoms with van der Waals surface area (Å²) < 4.78 is 7.57. The molecule has 0 spiro atoms. The zero-order valence-corrected chi connectivity index (χ0v) is 9.84. The number of oxazole rings is 1. The van der Waals surface area contributed by atoms with Gasteiger partial charge in [-0.25, -0.2) is 4.98 Å². The van der Waals surface area contributed by atoms with Crippen molar-refractivity contribution in [2.45, 2.75) is 6.92 Å². The van der Waals surface area contributed by atoms with Gasteiger partial charge in [0.15, 0.2) is 12.6 Å². The maximum Gasteiger partial charge on any atom is 0.257 e. The van der Waals surface area contributed by atoms with Crippen molar-refractivity contribution >= 4 is 11.1 Å². The first kappa shape index (κ1) is 10.0. The van der Waals surface area contributed by atoms with E-state index in [0.29, 0.717) is 0 Å². The summed E-state index contributed by atoms with van der Waals surface area (Å²) in [6.45, 7) is 2.10. The predicted octanol–water partition coefficient (Wildman–Crippen LogP) is 2.63. The lowest BCUT2D eigenvalue weighted by Gasteiger charge is -2.03. The van der Waals surface area contributed by atoms with Crippen LogP contribution in [0.25, 0.3) is 22.4 Å². The molecule has 0 fully saturated rings. The average Bonchev–Trinajstić information content (AvgIpc) is 2.79. The third-order valence-electron chi connectivity index (χ3n) is 3.02. The van der Waals surface area contributed by atoms with Gasteiger partial charge in [0.2, 0.25) is 5.58 Å². The monoisotopic (exact) mass is 225 g/mol. The van der Waals surface area contributed by atoms with Crippen LogP contribution in [0.5, 0.6) is 0 Å². The second-order valence-electron chi connectivity index (χ2n) is 4.16. The molecule has 0 saturated heterocycles. The van der Waals surface area contributed by atoms with Gasteiger partial charge in [-0.15, -0.1) is 0 Å². The number of hydrogen-bond acceptors (Lipinski definition) is 2. The van der Waals surface area contributed by atoms with E-state index in [9.17, 15) is 0 Å². The van der Waals surface area contributed by atoms with Gasteiger partial charge in [-0.1, -0.05) is 18.2 Å². The van der Waals surface area contributed by atoms with Crippen LogP contribution in [0.2, 0.25) is 0 Å². The highest BCUT2D eigenvalue weighted by Crippen LogP contribution is 2.26. The van der Waals surface area contributed by atoms with Crippen LogP contribution in [-0.4, -0.2) is 4.98 Å². The number of hydrogen-bond donors (Lipinski definition) is 0. The molecule has 0 aliphatic heterocycles. The van der Waals surface area contributed by atoms with Crippen molar-refractivity contribution in [3.8, 4) is 11.3 Å². The van der Waals surface area contributed by atoms with E-state index in [2.05, 4.69) is 28.6 Å². The molecule has 0 radical (unpaired) electrons. The van der Waals surface area contributed by atoms with Crippen LogP contribution >= 0.6 is 0 Å². The fourth-order valence-electron chi connectivity index (χ4n) is 2.12. The summed E-state index contributed by atoms with van der Waals surface area (Å²) >= 11 is 0. The number of pyridine rings is 1. The quantitative estimate of drug-likeness (QED) is 0.596. The summed E-state index contributed by atoms with van der Waals surface area (Å²) in [5.74, 6) is 0. The molecule has 3 heteroatoms. The van der Waals surface area contributed by atoms with E-state index in [1.165, 1.54) is 17.5 Å². The van der Waals surface area contributed by atoms with Crippen LogP contribution in [-0.2, 0) is 7.05 Å². The van der Waals surface area contributed by atoms with Crippen molar-refractivity contribution < 1.29 is 8.98 Å². The average molecular weight is 225 g/mol. The maximum absolute atomic E-state index is 5.51. The van der Waals surface area contributed by atoms with E-state index in [1.807, 2.05) is 31.4 Å². The van der Waals surface area contributed by atoms with E-state index >= 15 is 0 Å². The predicted molar refractivity (Wildman–Crippen MR) is 65.4 cm³/mol. The van der Waals surface area contributed by atoms with E-state index in [4.69, 9.17) is 4.42 Å². The van der Waals surface area contributed by atoms with E-state index in [1.54, 1.807) is 0 Å². The lowest BCUT2D eigenvalue weighted by Crippen LogP contribution is -2.30. The molecule has 0 unspecified atom stereocenters. The van der Waals surface area contributed by atoms with Crippen molar-refractivity contribution in [2.75, 3.05) is 0 Å². The SMILES string of the molecule is Cc1ccccc1-c1c2ocnc2cc[n+]1C. The highest BCUT2D eigenvalue weighted by Gasteiger charge is 2.19. The summed E-state index contributed by atoms with van der Waals surface area (Å²) in [4.78, 5) is 4.20. The van der Waals surface area contributed by atoms with Crippen molar-refractivity contribution in [2.24, 2.45) is 7.05 Å². The van der Waals surface area contributed by atoms with Gasteiger partial charge in [-0.3, -0.25) is 0 Å². The Kier molecular flexibility index (Phi) is 2.18. The molecular formula is C14H13N2O+. The van der Waals surface area contributed by atoms with Gasteiger partial charge in [0.05, 0.1) is 5.56 Å². The molecule has 0 N–H and O–H groups in total. The minimum absolute atomic E-state index is 0.837. The summed E-state index contributed by atoms with van der Waals surface area (Å²) in [6, 6.07) is 10.2. The van der Waals surface area contributed by atoms with Gasteiger partial charge in [-0.05, 0) is 18.6 Å². The second kappa shape index (κ2) is 3.70. The number of aryl methyl sites for hydroxylation is 2. The molecular weight excluding hydrogens is 212 g/mol. The maximum atomic E-state index is 5.51. The van der Waals surface area contributed by atoms with Crippen LogP contribution in [0.1, 0.15) is 5.56 Å². The lowest BCUT2D eigenvalue weighted by molar-refractivity contribution is -0.659. The molecule has 0 atom stereocenters.